The molecule has 2 aromatic carbocycles. The van der Waals surface area contributed by atoms with Gasteiger partial charge in [0.2, 0.25) is 5.91 Å². The number of aryl methyl sites for hydroxylation is 1. The Morgan fingerprint density at radius 1 is 1.06 bits per heavy atom. The lowest BCUT2D eigenvalue weighted by Gasteiger charge is -2.33. The molecule has 2 aliphatic heterocycles. The van der Waals surface area contributed by atoms with Crippen molar-refractivity contribution in [2.75, 3.05) is 54.5 Å². The number of carbonyl (C=O) groups excluding carboxylic acids is 1. The molecule has 0 aromatic heterocycles. The maximum Gasteiger partial charge on any atom is 0.416 e. The minimum absolute atomic E-state index is 0.131. The molecule has 2 aliphatic rings. The molecule has 2 heterocycles. The Morgan fingerprint density at radius 3 is 2.34 bits per heavy atom. The van der Waals surface area contributed by atoms with Crippen LogP contribution in [0.3, 0.4) is 0 Å². The van der Waals surface area contributed by atoms with E-state index in [1.807, 2.05) is 25.1 Å². The summed E-state index contributed by atoms with van der Waals surface area (Å²) in [6, 6.07) is 8.45. The van der Waals surface area contributed by atoms with Gasteiger partial charge < -0.3 is 19.9 Å². The molecule has 0 aliphatic carbocycles. The summed E-state index contributed by atoms with van der Waals surface area (Å²) in [4.78, 5) is 27.4. The molecule has 2 saturated heterocycles. The predicted molar refractivity (Wildman–Crippen MR) is 126 cm³/mol. The number of alkyl halides is 3. The number of amides is 1. The van der Waals surface area contributed by atoms with Crippen molar-refractivity contribution in [3.63, 3.8) is 0 Å². The van der Waals surface area contributed by atoms with Gasteiger partial charge in [-0.1, -0.05) is 0 Å². The zero-order valence-corrected chi connectivity index (χ0v) is 19.3. The summed E-state index contributed by atoms with van der Waals surface area (Å²) in [5.74, 6) is -0.424. The number of nitrogens with zero attached hydrogens (tertiary/aromatic N) is 3. The molecule has 0 radical (unpaired) electrons. The number of piperidine rings is 1. The lowest BCUT2D eigenvalue weighted by atomic mass is 9.95. The van der Waals surface area contributed by atoms with Gasteiger partial charge in [0.05, 0.1) is 23.7 Å². The fourth-order valence-corrected chi connectivity index (χ4v) is 4.54. The van der Waals surface area contributed by atoms with Crippen LogP contribution in [0.15, 0.2) is 36.4 Å². The molecule has 0 atom stereocenters. The van der Waals surface area contributed by atoms with Crippen molar-refractivity contribution < 1.29 is 27.6 Å². The van der Waals surface area contributed by atoms with E-state index in [2.05, 4.69) is 10.2 Å². The fourth-order valence-electron chi connectivity index (χ4n) is 4.54. The molecule has 0 bridgehead atoms. The van der Waals surface area contributed by atoms with Crippen molar-refractivity contribution >= 4 is 28.7 Å². The monoisotopic (exact) mass is 492 g/mol. The number of hydrogen-bond acceptors (Lipinski definition) is 6. The summed E-state index contributed by atoms with van der Waals surface area (Å²) in [6.45, 7) is 5.61. The number of ether oxygens (including phenoxy) is 1. The first kappa shape index (κ1) is 24.8. The largest absolute Gasteiger partial charge is 0.416 e. The number of carbonyl (C=O) groups is 1. The first-order valence-electron chi connectivity index (χ1n) is 11.5. The number of morpholine rings is 1. The van der Waals surface area contributed by atoms with Crippen LogP contribution in [-0.4, -0.2) is 50.2 Å². The molecule has 0 saturated carbocycles. The highest BCUT2D eigenvalue weighted by Crippen LogP contribution is 2.38. The smallest absolute Gasteiger partial charge is 0.378 e. The highest BCUT2D eigenvalue weighted by molar-refractivity contribution is 5.93. The van der Waals surface area contributed by atoms with Crippen LogP contribution in [0.5, 0.6) is 0 Å². The predicted octanol–water partition coefficient (Wildman–Crippen LogP) is 4.61. The number of nitro benzene ring substituents is 1. The third-order valence-corrected chi connectivity index (χ3v) is 6.55. The highest BCUT2D eigenvalue weighted by Gasteiger charge is 2.35. The molecule has 8 nitrogen and oxygen atoms in total. The van der Waals surface area contributed by atoms with Crippen molar-refractivity contribution in [1.82, 2.24) is 0 Å². The van der Waals surface area contributed by atoms with Gasteiger partial charge in [0, 0.05) is 49.5 Å². The van der Waals surface area contributed by atoms with Gasteiger partial charge in [0.25, 0.3) is 5.69 Å². The first-order valence-corrected chi connectivity index (χ1v) is 11.5. The van der Waals surface area contributed by atoms with Gasteiger partial charge in [-0.25, -0.2) is 0 Å². The molecule has 2 aromatic rings. The Labute approximate surface area is 200 Å². The van der Waals surface area contributed by atoms with Crippen molar-refractivity contribution in [3.8, 4) is 0 Å². The van der Waals surface area contributed by atoms with E-state index in [1.165, 1.54) is 0 Å². The second-order valence-corrected chi connectivity index (χ2v) is 8.81. The SMILES string of the molecule is Cc1cc(N2CCOCC2)ccc1NC(=O)C1CCN(c2ccc(C(F)(F)F)cc2[N+](=O)[O-])CC1. The van der Waals surface area contributed by atoms with E-state index >= 15 is 0 Å². The van der Waals surface area contributed by atoms with Crippen molar-refractivity contribution in [2.45, 2.75) is 25.9 Å². The van der Waals surface area contributed by atoms with Crippen LogP contribution in [0.2, 0.25) is 0 Å². The van der Waals surface area contributed by atoms with Crippen LogP contribution < -0.4 is 15.1 Å². The Morgan fingerprint density at radius 2 is 1.74 bits per heavy atom. The Hall–Kier alpha value is -3.34. The van der Waals surface area contributed by atoms with E-state index in [0.29, 0.717) is 45.2 Å². The van der Waals surface area contributed by atoms with Crippen molar-refractivity contribution in [2.24, 2.45) is 5.92 Å². The van der Waals surface area contributed by atoms with Crippen LogP contribution in [0.25, 0.3) is 0 Å². The quantitative estimate of drug-likeness (QED) is 0.484. The van der Waals surface area contributed by atoms with E-state index in [-0.39, 0.29) is 17.5 Å². The Kier molecular flexibility index (Phi) is 7.15. The molecule has 4 rings (SSSR count). The zero-order valence-electron chi connectivity index (χ0n) is 19.3. The van der Waals surface area contributed by atoms with E-state index in [0.717, 1.165) is 42.2 Å². The number of halogens is 3. The van der Waals surface area contributed by atoms with Crippen molar-refractivity contribution in [1.29, 1.82) is 0 Å². The number of rotatable bonds is 5. The second-order valence-electron chi connectivity index (χ2n) is 8.81. The topological polar surface area (TPSA) is 88.0 Å². The van der Waals surface area contributed by atoms with E-state index in [9.17, 15) is 28.1 Å². The second kappa shape index (κ2) is 10.1. The van der Waals surface area contributed by atoms with E-state index in [1.54, 1.807) is 4.90 Å². The fraction of sp³-hybridized carbons (Fsp3) is 0.458. The van der Waals surface area contributed by atoms with E-state index < -0.39 is 22.4 Å². The number of hydrogen-bond donors (Lipinski definition) is 1. The first-order chi connectivity index (χ1) is 16.6. The zero-order chi connectivity index (χ0) is 25.2. The number of nitro groups is 1. The molecular weight excluding hydrogens is 465 g/mol. The third kappa shape index (κ3) is 5.67. The lowest BCUT2D eigenvalue weighted by Crippen LogP contribution is -2.38. The number of anilines is 3. The Balaban J connectivity index is 1.38. The van der Waals surface area contributed by atoms with Gasteiger partial charge in [-0.3, -0.25) is 14.9 Å². The minimum Gasteiger partial charge on any atom is -0.378 e. The normalized spacial score (nSPS) is 17.4. The van der Waals surface area contributed by atoms with Crippen LogP contribution in [0.4, 0.5) is 35.9 Å². The van der Waals surface area contributed by atoms with Gasteiger partial charge >= 0.3 is 6.18 Å². The molecule has 11 heteroatoms. The van der Waals surface area contributed by atoms with Gasteiger partial charge in [-0.05, 0) is 55.7 Å². The molecule has 1 amide bonds. The number of nitrogens with one attached hydrogen (secondary N) is 1. The maximum absolute atomic E-state index is 13.0. The van der Waals surface area contributed by atoms with Gasteiger partial charge in [0.15, 0.2) is 0 Å². The molecule has 35 heavy (non-hydrogen) atoms. The van der Waals surface area contributed by atoms with Crippen LogP contribution in [0, 0.1) is 23.0 Å². The average molecular weight is 492 g/mol. The molecule has 0 spiro atoms. The highest BCUT2D eigenvalue weighted by atomic mass is 19.4. The standard InChI is InChI=1S/C24H27F3N4O4/c1-16-14-19(29-10-12-35-13-11-29)3-4-20(16)28-23(32)17-6-8-30(9-7-17)21-5-2-18(24(25,26)27)15-22(21)31(33)34/h2-5,14-15,17H,6-13H2,1H3,(H,28,32). The van der Waals surface area contributed by atoms with Gasteiger partial charge in [-0.15, -0.1) is 0 Å². The van der Waals surface area contributed by atoms with Crippen LogP contribution >= 0.6 is 0 Å². The summed E-state index contributed by atoms with van der Waals surface area (Å²) < 4.78 is 44.3. The summed E-state index contributed by atoms with van der Waals surface area (Å²) >= 11 is 0. The van der Waals surface area contributed by atoms with E-state index in [4.69, 9.17) is 4.74 Å². The number of benzene rings is 2. The maximum atomic E-state index is 13.0. The van der Waals surface area contributed by atoms with Crippen LogP contribution in [-0.2, 0) is 15.7 Å². The summed E-state index contributed by atoms with van der Waals surface area (Å²) in [6.07, 6.45) is -3.78. The molecule has 188 valence electrons. The summed E-state index contributed by atoms with van der Waals surface area (Å²) in [7, 11) is 0. The molecule has 2 fully saturated rings. The minimum atomic E-state index is -4.66. The average Bonchev–Trinajstić information content (AvgIpc) is 2.85. The summed E-state index contributed by atoms with van der Waals surface area (Å²) in [5, 5.41) is 14.4. The third-order valence-electron chi connectivity index (χ3n) is 6.55. The van der Waals surface area contributed by atoms with Crippen LogP contribution in [0.1, 0.15) is 24.0 Å². The van der Waals surface area contributed by atoms with Gasteiger partial charge in [0.1, 0.15) is 5.69 Å². The Bertz CT molecular complexity index is 1090. The van der Waals surface area contributed by atoms with Crippen molar-refractivity contribution in [3.05, 3.63) is 57.6 Å². The van der Waals surface area contributed by atoms with Gasteiger partial charge in [-0.2, -0.15) is 13.2 Å². The lowest BCUT2D eigenvalue weighted by molar-refractivity contribution is -0.384. The molecular formula is C24H27F3N4O4. The molecule has 1 N–H and O–H groups in total. The summed E-state index contributed by atoms with van der Waals surface area (Å²) in [5.41, 5.74) is 1.25. The molecule has 0 unspecified atom stereocenters.